The van der Waals surface area contributed by atoms with Crippen molar-refractivity contribution in [3.63, 3.8) is 0 Å². The predicted molar refractivity (Wildman–Crippen MR) is 56.3 cm³/mol. The molecule has 1 aromatic rings. The van der Waals surface area contributed by atoms with E-state index in [1.807, 2.05) is 0 Å². The van der Waals surface area contributed by atoms with Gasteiger partial charge in [0.05, 0.1) is 6.54 Å². The van der Waals surface area contributed by atoms with Gasteiger partial charge in [-0.2, -0.15) is 0 Å². The highest BCUT2D eigenvalue weighted by molar-refractivity contribution is 5.98. The normalized spacial score (nSPS) is 16.7. The SMILES string of the molecule is O=C1CCN(c2ccc(F)c(F)c2)C(=O)CN1. The Hall–Kier alpha value is -1.98. The molecule has 1 aromatic carbocycles. The second-order valence-electron chi connectivity index (χ2n) is 3.67. The molecule has 4 nitrogen and oxygen atoms in total. The minimum Gasteiger partial charge on any atom is -0.347 e. The topological polar surface area (TPSA) is 49.4 Å². The molecule has 1 aliphatic heterocycles. The van der Waals surface area contributed by atoms with Crippen LogP contribution in [0.5, 0.6) is 0 Å². The van der Waals surface area contributed by atoms with Crippen molar-refractivity contribution in [2.24, 2.45) is 0 Å². The minimum absolute atomic E-state index is 0.127. The Morgan fingerprint density at radius 3 is 2.65 bits per heavy atom. The zero-order chi connectivity index (χ0) is 12.4. The molecule has 90 valence electrons. The smallest absolute Gasteiger partial charge is 0.246 e. The molecule has 1 aliphatic rings. The van der Waals surface area contributed by atoms with Gasteiger partial charge in [-0.15, -0.1) is 0 Å². The summed E-state index contributed by atoms with van der Waals surface area (Å²) in [6, 6.07) is 3.22. The number of carbonyl (C=O) groups excluding carboxylic acids is 2. The van der Waals surface area contributed by atoms with Crippen molar-refractivity contribution in [3.8, 4) is 0 Å². The quantitative estimate of drug-likeness (QED) is 0.790. The summed E-state index contributed by atoms with van der Waals surface area (Å²) < 4.78 is 25.8. The molecular formula is C11H10F2N2O2. The number of rotatable bonds is 1. The third kappa shape index (κ3) is 2.41. The number of amides is 2. The molecule has 0 radical (unpaired) electrons. The number of carbonyl (C=O) groups is 2. The van der Waals surface area contributed by atoms with Crippen LogP contribution in [0.25, 0.3) is 0 Å². The highest BCUT2D eigenvalue weighted by atomic mass is 19.2. The van der Waals surface area contributed by atoms with E-state index in [9.17, 15) is 18.4 Å². The lowest BCUT2D eigenvalue weighted by Gasteiger charge is -2.19. The lowest BCUT2D eigenvalue weighted by atomic mass is 10.2. The van der Waals surface area contributed by atoms with E-state index in [-0.39, 0.29) is 37.0 Å². The van der Waals surface area contributed by atoms with Gasteiger partial charge in [0.15, 0.2) is 11.6 Å². The summed E-state index contributed by atoms with van der Waals surface area (Å²) in [5, 5.41) is 2.42. The summed E-state index contributed by atoms with van der Waals surface area (Å²) in [5.74, 6) is -2.56. The zero-order valence-electron chi connectivity index (χ0n) is 8.87. The molecular weight excluding hydrogens is 230 g/mol. The van der Waals surface area contributed by atoms with Gasteiger partial charge >= 0.3 is 0 Å². The maximum absolute atomic E-state index is 13.0. The molecule has 0 unspecified atom stereocenters. The second kappa shape index (κ2) is 4.48. The van der Waals surface area contributed by atoms with Crippen molar-refractivity contribution < 1.29 is 18.4 Å². The standard InChI is InChI=1S/C11H10F2N2O2/c12-8-2-1-7(5-9(8)13)15-4-3-10(16)14-6-11(15)17/h1-2,5H,3-4,6H2,(H,14,16). The Morgan fingerprint density at radius 2 is 1.94 bits per heavy atom. The van der Waals surface area contributed by atoms with Gasteiger partial charge in [0.1, 0.15) is 0 Å². The Kier molecular flexibility index (Phi) is 3.03. The van der Waals surface area contributed by atoms with Crippen LogP contribution in [0.1, 0.15) is 6.42 Å². The van der Waals surface area contributed by atoms with E-state index in [1.165, 1.54) is 11.0 Å². The summed E-state index contributed by atoms with van der Waals surface area (Å²) in [4.78, 5) is 24.0. The largest absolute Gasteiger partial charge is 0.347 e. The number of hydrogen-bond donors (Lipinski definition) is 1. The molecule has 0 aliphatic carbocycles. The molecule has 17 heavy (non-hydrogen) atoms. The van der Waals surface area contributed by atoms with Crippen LogP contribution in [0.15, 0.2) is 18.2 Å². The van der Waals surface area contributed by atoms with Crippen LogP contribution in [-0.2, 0) is 9.59 Å². The van der Waals surface area contributed by atoms with E-state index in [2.05, 4.69) is 5.32 Å². The van der Waals surface area contributed by atoms with Gasteiger partial charge in [-0.05, 0) is 12.1 Å². The van der Waals surface area contributed by atoms with Crippen LogP contribution in [0.2, 0.25) is 0 Å². The molecule has 2 rings (SSSR count). The van der Waals surface area contributed by atoms with Gasteiger partial charge in [0.25, 0.3) is 0 Å². The highest BCUT2D eigenvalue weighted by Crippen LogP contribution is 2.19. The Bertz CT molecular complexity index is 477. The monoisotopic (exact) mass is 240 g/mol. The summed E-state index contributed by atoms with van der Waals surface area (Å²) in [6.07, 6.45) is 0.144. The Balaban J connectivity index is 2.28. The molecule has 0 atom stereocenters. The fourth-order valence-corrected chi connectivity index (χ4v) is 1.62. The average Bonchev–Trinajstić information content (AvgIpc) is 2.46. The van der Waals surface area contributed by atoms with Crippen LogP contribution in [0, 0.1) is 11.6 Å². The molecule has 0 aromatic heterocycles. The highest BCUT2D eigenvalue weighted by Gasteiger charge is 2.22. The lowest BCUT2D eigenvalue weighted by Crippen LogP contribution is -2.35. The van der Waals surface area contributed by atoms with Gasteiger partial charge in [-0.1, -0.05) is 0 Å². The summed E-state index contributed by atoms with van der Waals surface area (Å²) >= 11 is 0. The van der Waals surface area contributed by atoms with E-state index in [0.717, 1.165) is 12.1 Å². The first-order valence-electron chi connectivity index (χ1n) is 5.10. The molecule has 0 bridgehead atoms. The van der Waals surface area contributed by atoms with Crippen LogP contribution >= 0.6 is 0 Å². The molecule has 0 saturated carbocycles. The van der Waals surface area contributed by atoms with Gasteiger partial charge in [-0.3, -0.25) is 9.59 Å². The first-order valence-corrected chi connectivity index (χ1v) is 5.10. The van der Waals surface area contributed by atoms with Crippen molar-refractivity contribution in [1.29, 1.82) is 0 Å². The van der Waals surface area contributed by atoms with Crippen LogP contribution < -0.4 is 10.2 Å². The maximum atomic E-state index is 13.0. The number of anilines is 1. The molecule has 6 heteroatoms. The van der Waals surface area contributed by atoms with Crippen molar-refractivity contribution in [3.05, 3.63) is 29.8 Å². The van der Waals surface area contributed by atoms with Gasteiger partial charge in [0.2, 0.25) is 11.8 Å². The van der Waals surface area contributed by atoms with Crippen LogP contribution in [0.3, 0.4) is 0 Å². The molecule has 2 amide bonds. The number of nitrogens with one attached hydrogen (secondary N) is 1. The number of halogens is 2. The molecule has 1 saturated heterocycles. The van der Waals surface area contributed by atoms with Gasteiger partial charge in [-0.25, -0.2) is 8.78 Å². The summed E-state index contributed by atoms with van der Waals surface area (Å²) in [5.41, 5.74) is 0.255. The van der Waals surface area contributed by atoms with Crippen molar-refractivity contribution in [2.75, 3.05) is 18.0 Å². The first-order chi connectivity index (χ1) is 8.08. The average molecular weight is 240 g/mol. The van der Waals surface area contributed by atoms with Crippen molar-refractivity contribution >= 4 is 17.5 Å². The maximum Gasteiger partial charge on any atom is 0.246 e. The lowest BCUT2D eigenvalue weighted by molar-refractivity contribution is -0.123. The summed E-state index contributed by atoms with van der Waals surface area (Å²) in [6.45, 7) is 0.0353. The zero-order valence-corrected chi connectivity index (χ0v) is 8.87. The third-order valence-corrected chi connectivity index (χ3v) is 2.52. The Labute approximate surface area is 96.2 Å². The second-order valence-corrected chi connectivity index (χ2v) is 3.67. The fourth-order valence-electron chi connectivity index (χ4n) is 1.62. The van der Waals surface area contributed by atoms with E-state index in [4.69, 9.17) is 0 Å². The van der Waals surface area contributed by atoms with Gasteiger partial charge in [0, 0.05) is 24.7 Å². The molecule has 0 spiro atoms. The van der Waals surface area contributed by atoms with E-state index in [0.29, 0.717) is 0 Å². The number of nitrogens with zero attached hydrogens (tertiary/aromatic N) is 1. The molecule has 1 fully saturated rings. The van der Waals surface area contributed by atoms with Gasteiger partial charge < -0.3 is 10.2 Å². The number of benzene rings is 1. The predicted octanol–water partition coefficient (Wildman–Crippen LogP) is 0.818. The van der Waals surface area contributed by atoms with Crippen LogP contribution in [0.4, 0.5) is 14.5 Å². The first kappa shape index (κ1) is 11.5. The summed E-state index contributed by atoms with van der Waals surface area (Å²) in [7, 11) is 0. The van der Waals surface area contributed by atoms with E-state index in [1.54, 1.807) is 0 Å². The minimum atomic E-state index is -1.01. The fraction of sp³-hybridized carbons (Fsp3) is 0.273. The van der Waals surface area contributed by atoms with Crippen molar-refractivity contribution in [1.82, 2.24) is 5.32 Å². The number of hydrogen-bond acceptors (Lipinski definition) is 2. The van der Waals surface area contributed by atoms with Crippen LogP contribution in [-0.4, -0.2) is 24.9 Å². The van der Waals surface area contributed by atoms with E-state index >= 15 is 0 Å². The third-order valence-electron chi connectivity index (χ3n) is 2.52. The molecule has 1 N–H and O–H groups in total. The Morgan fingerprint density at radius 1 is 1.18 bits per heavy atom. The van der Waals surface area contributed by atoms with Crippen molar-refractivity contribution in [2.45, 2.75) is 6.42 Å². The molecule has 1 heterocycles. The van der Waals surface area contributed by atoms with E-state index < -0.39 is 11.6 Å².